The fraction of sp³-hybridized carbons (Fsp3) is 0.538. The molecule has 15 heavy (non-hydrogen) atoms. The fourth-order valence-electron chi connectivity index (χ4n) is 2.47. The zero-order chi connectivity index (χ0) is 10.7. The summed E-state index contributed by atoms with van der Waals surface area (Å²) in [5.74, 6) is 1.73. The quantitative estimate of drug-likeness (QED) is 0.801. The van der Waals surface area contributed by atoms with E-state index in [0.29, 0.717) is 5.92 Å². The predicted molar refractivity (Wildman–Crippen MR) is 62.6 cm³/mol. The molecule has 2 nitrogen and oxygen atoms in total. The molecular weight excluding hydrogens is 186 g/mol. The van der Waals surface area contributed by atoms with Crippen LogP contribution in [0.5, 0.6) is 5.75 Å². The number of aryl methyl sites for hydroxylation is 1. The number of benzene rings is 1. The van der Waals surface area contributed by atoms with Crippen molar-refractivity contribution in [2.75, 3.05) is 20.2 Å². The Morgan fingerprint density at radius 3 is 2.67 bits per heavy atom. The van der Waals surface area contributed by atoms with Crippen molar-refractivity contribution in [2.24, 2.45) is 0 Å². The van der Waals surface area contributed by atoms with Crippen LogP contribution in [0.1, 0.15) is 29.9 Å². The lowest BCUT2D eigenvalue weighted by Crippen LogP contribution is -2.27. The topological polar surface area (TPSA) is 21.3 Å². The maximum atomic E-state index is 5.46. The second-order valence-electron chi connectivity index (χ2n) is 4.22. The lowest BCUT2D eigenvalue weighted by molar-refractivity contribution is 0.390. The van der Waals surface area contributed by atoms with Gasteiger partial charge in [-0.15, -0.1) is 0 Å². The van der Waals surface area contributed by atoms with Crippen LogP contribution in [0.2, 0.25) is 0 Å². The van der Waals surface area contributed by atoms with E-state index in [2.05, 4.69) is 30.4 Å². The molecule has 0 unspecified atom stereocenters. The average molecular weight is 205 g/mol. The highest BCUT2D eigenvalue weighted by Gasteiger charge is 2.20. The second kappa shape index (κ2) is 4.67. The van der Waals surface area contributed by atoms with Crippen molar-refractivity contribution in [3.63, 3.8) is 0 Å². The van der Waals surface area contributed by atoms with Gasteiger partial charge in [-0.1, -0.05) is 12.1 Å². The van der Waals surface area contributed by atoms with E-state index in [4.69, 9.17) is 4.74 Å². The summed E-state index contributed by atoms with van der Waals surface area (Å²) in [5.41, 5.74) is 2.78. The Labute approximate surface area is 91.6 Å². The van der Waals surface area contributed by atoms with E-state index in [1.165, 1.54) is 24.0 Å². The summed E-state index contributed by atoms with van der Waals surface area (Å²) in [7, 11) is 1.76. The Morgan fingerprint density at radius 2 is 2.00 bits per heavy atom. The van der Waals surface area contributed by atoms with Crippen molar-refractivity contribution in [1.29, 1.82) is 0 Å². The van der Waals surface area contributed by atoms with Crippen molar-refractivity contribution in [2.45, 2.75) is 25.7 Å². The van der Waals surface area contributed by atoms with Gasteiger partial charge in [-0.25, -0.2) is 0 Å². The normalized spacial score (nSPS) is 17.7. The smallest absolute Gasteiger partial charge is 0.122 e. The Bertz CT molecular complexity index is 329. The highest BCUT2D eigenvalue weighted by molar-refractivity contribution is 5.42. The molecule has 0 aliphatic carbocycles. The SMILES string of the molecule is COc1cccc(C)c1C1CCNCC1. The molecule has 1 aliphatic rings. The molecule has 2 rings (SSSR count). The molecule has 2 heteroatoms. The maximum absolute atomic E-state index is 5.46. The lowest BCUT2D eigenvalue weighted by atomic mass is 9.87. The number of ether oxygens (including phenoxy) is 1. The molecule has 1 N–H and O–H groups in total. The van der Waals surface area contributed by atoms with Crippen LogP contribution < -0.4 is 10.1 Å². The van der Waals surface area contributed by atoms with E-state index in [-0.39, 0.29) is 0 Å². The number of hydrogen-bond acceptors (Lipinski definition) is 2. The summed E-state index contributed by atoms with van der Waals surface area (Å²) >= 11 is 0. The zero-order valence-corrected chi connectivity index (χ0v) is 9.55. The van der Waals surface area contributed by atoms with Crippen LogP contribution in [0.3, 0.4) is 0 Å². The first-order valence-electron chi connectivity index (χ1n) is 5.67. The first-order valence-corrected chi connectivity index (χ1v) is 5.67. The highest BCUT2D eigenvalue weighted by Crippen LogP contribution is 2.34. The number of methoxy groups -OCH3 is 1. The number of hydrogen-bond donors (Lipinski definition) is 1. The second-order valence-corrected chi connectivity index (χ2v) is 4.22. The molecule has 1 aliphatic heterocycles. The molecule has 1 aromatic carbocycles. The van der Waals surface area contributed by atoms with Gasteiger partial charge in [-0.05, 0) is 50.4 Å². The van der Waals surface area contributed by atoms with Crippen molar-refractivity contribution >= 4 is 0 Å². The van der Waals surface area contributed by atoms with Gasteiger partial charge in [0.2, 0.25) is 0 Å². The predicted octanol–water partition coefficient (Wildman–Crippen LogP) is 2.47. The minimum Gasteiger partial charge on any atom is -0.496 e. The van der Waals surface area contributed by atoms with E-state index >= 15 is 0 Å². The molecule has 1 saturated heterocycles. The molecule has 0 spiro atoms. The molecule has 1 fully saturated rings. The number of piperidine rings is 1. The van der Waals surface area contributed by atoms with E-state index in [1.807, 2.05) is 0 Å². The summed E-state index contributed by atoms with van der Waals surface area (Å²) in [6.45, 7) is 4.43. The molecule has 0 amide bonds. The van der Waals surface area contributed by atoms with Gasteiger partial charge < -0.3 is 10.1 Å². The highest BCUT2D eigenvalue weighted by atomic mass is 16.5. The summed E-state index contributed by atoms with van der Waals surface area (Å²) in [5, 5.41) is 3.40. The number of rotatable bonds is 2. The summed E-state index contributed by atoms with van der Waals surface area (Å²) in [4.78, 5) is 0. The van der Waals surface area contributed by atoms with Crippen molar-refractivity contribution in [3.05, 3.63) is 29.3 Å². The summed E-state index contributed by atoms with van der Waals surface area (Å²) in [6, 6.07) is 6.32. The minimum atomic E-state index is 0.669. The van der Waals surface area contributed by atoms with E-state index in [9.17, 15) is 0 Å². The van der Waals surface area contributed by atoms with Gasteiger partial charge in [-0.3, -0.25) is 0 Å². The van der Waals surface area contributed by atoms with Gasteiger partial charge in [0.15, 0.2) is 0 Å². The zero-order valence-electron chi connectivity index (χ0n) is 9.55. The number of nitrogens with one attached hydrogen (secondary N) is 1. The van der Waals surface area contributed by atoms with Crippen LogP contribution in [-0.4, -0.2) is 20.2 Å². The molecule has 0 aromatic heterocycles. The van der Waals surface area contributed by atoms with Gasteiger partial charge in [-0.2, -0.15) is 0 Å². The van der Waals surface area contributed by atoms with Crippen LogP contribution in [0.15, 0.2) is 18.2 Å². The van der Waals surface area contributed by atoms with Crippen LogP contribution >= 0.6 is 0 Å². The standard InChI is InChI=1S/C13H19NO/c1-10-4-3-5-12(15-2)13(10)11-6-8-14-9-7-11/h3-5,11,14H,6-9H2,1-2H3. The Morgan fingerprint density at radius 1 is 1.27 bits per heavy atom. The van der Waals surface area contributed by atoms with Gasteiger partial charge in [0.05, 0.1) is 7.11 Å². The van der Waals surface area contributed by atoms with Crippen LogP contribution in [0.25, 0.3) is 0 Å². The van der Waals surface area contributed by atoms with Crippen molar-refractivity contribution in [3.8, 4) is 5.75 Å². The molecule has 0 radical (unpaired) electrons. The third-order valence-corrected chi connectivity index (χ3v) is 3.25. The van der Waals surface area contributed by atoms with E-state index in [0.717, 1.165) is 18.8 Å². The van der Waals surface area contributed by atoms with E-state index in [1.54, 1.807) is 7.11 Å². The van der Waals surface area contributed by atoms with Crippen molar-refractivity contribution in [1.82, 2.24) is 5.32 Å². The Balaban J connectivity index is 2.31. The fourth-order valence-corrected chi connectivity index (χ4v) is 2.47. The first-order chi connectivity index (χ1) is 7.33. The van der Waals surface area contributed by atoms with Gasteiger partial charge in [0.1, 0.15) is 5.75 Å². The first kappa shape index (κ1) is 10.5. The van der Waals surface area contributed by atoms with Crippen molar-refractivity contribution < 1.29 is 4.74 Å². The monoisotopic (exact) mass is 205 g/mol. The largest absolute Gasteiger partial charge is 0.496 e. The van der Waals surface area contributed by atoms with Crippen LogP contribution in [0.4, 0.5) is 0 Å². The third-order valence-electron chi connectivity index (χ3n) is 3.25. The lowest BCUT2D eigenvalue weighted by Gasteiger charge is -2.26. The Kier molecular flexibility index (Phi) is 3.27. The minimum absolute atomic E-state index is 0.669. The van der Waals surface area contributed by atoms with Gasteiger partial charge >= 0.3 is 0 Å². The van der Waals surface area contributed by atoms with Crippen LogP contribution in [-0.2, 0) is 0 Å². The maximum Gasteiger partial charge on any atom is 0.122 e. The van der Waals surface area contributed by atoms with Crippen LogP contribution in [0, 0.1) is 6.92 Å². The molecule has 0 bridgehead atoms. The molecule has 0 atom stereocenters. The van der Waals surface area contributed by atoms with E-state index < -0.39 is 0 Å². The summed E-state index contributed by atoms with van der Waals surface area (Å²) in [6.07, 6.45) is 2.45. The molecule has 1 heterocycles. The molecule has 0 saturated carbocycles. The average Bonchev–Trinajstić information content (AvgIpc) is 2.29. The molecule has 82 valence electrons. The van der Waals surface area contributed by atoms with Gasteiger partial charge in [0, 0.05) is 5.56 Å². The summed E-state index contributed by atoms with van der Waals surface area (Å²) < 4.78 is 5.46. The third kappa shape index (κ3) is 2.15. The molecular formula is C13H19NO. The Hall–Kier alpha value is -1.02. The molecule has 1 aromatic rings. The van der Waals surface area contributed by atoms with Gasteiger partial charge in [0.25, 0.3) is 0 Å².